The fourth-order valence-corrected chi connectivity index (χ4v) is 1.63. The van der Waals surface area contributed by atoms with E-state index >= 15 is 0 Å². The standard InChI is InChI=1S/C13H16N4O/c1-2-17-9-11(8-15-17)16-13(18)12(14)10-6-4-3-5-7-10/h3-9,12H,2,14H2,1H3,(H,16,18). The predicted octanol–water partition coefficient (Wildman–Crippen LogP) is 1.54. The molecular weight excluding hydrogens is 228 g/mol. The second-order valence-corrected chi connectivity index (χ2v) is 3.96. The van der Waals surface area contributed by atoms with E-state index in [2.05, 4.69) is 10.4 Å². The van der Waals surface area contributed by atoms with Gasteiger partial charge in [-0.1, -0.05) is 30.3 Å². The minimum absolute atomic E-state index is 0.239. The number of anilines is 1. The lowest BCUT2D eigenvalue weighted by Crippen LogP contribution is -2.27. The van der Waals surface area contributed by atoms with Crippen molar-refractivity contribution in [1.82, 2.24) is 9.78 Å². The van der Waals surface area contributed by atoms with Gasteiger partial charge in [0.2, 0.25) is 5.91 Å². The third-order valence-corrected chi connectivity index (χ3v) is 2.67. The molecule has 0 spiro atoms. The maximum atomic E-state index is 11.9. The molecule has 5 heteroatoms. The van der Waals surface area contributed by atoms with Crippen LogP contribution in [0.1, 0.15) is 18.5 Å². The van der Waals surface area contributed by atoms with E-state index < -0.39 is 6.04 Å². The maximum Gasteiger partial charge on any atom is 0.245 e. The second kappa shape index (κ2) is 5.46. The number of hydrogen-bond acceptors (Lipinski definition) is 3. The molecule has 2 rings (SSSR count). The number of aryl methyl sites for hydroxylation is 1. The van der Waals surface area contributed by atoms with Crippen molar-refractivity contribution >= 4 is 11.6 Å². The number of nitrogens with one attached hydrogen (secondary N) is 1. The average Bonchev–Trinajstić information content (AvgIpc) is 2.86. The highest BCUT2D eigenvalue weighted by Crippen LogP contribution is 2.13. The van der Waals surface area contributed by atoms with Crippen LogP contribution in [0, 0.1) is 0 Å². The molecule has 0 saturated heterocycles. The third-order valence-electron chi connectivity index (χ3n) is 2.67. The molecule has 1 heterocycles. The molecule has 1 aromatic carbocycles. The zero-order valence-corrected chi connectivity index (χ0v) is 10.2. The first-order chi connectivity index (χ1) is 8.70. The van der Waals surface area contributed by atoms with Gasteiger partial charge in [0.15, 0.2) is 0 Å². The van der Waals surface area contributed by atoms with Crippen LogP contribution in [0.2, 0.25) is 0 Å². The van der Waals surface area contributed by atoms with E-state index in [1.807, 2.05) is 37.3 Å². The van der Waals surface area contributed by atoms with Crippen LogP contribution < -0.4 is 11.1 Å². The van der Waals surface area contributed by atoms with Crippen LogP contribution in [0.3, 0.4) is 0 Å². The predicted molar refractivity (Wildman–Crippen MR) is 69.9 cm³/mol. The summed E-state index contributed by atoms with van der Waals surface area (Å²) in [5.74, 6) is -0.239. The van der Waals surface area contributed by atoms with Crippen molar-refractivity contribution in [3.63, 3.8) is 0 Å². The first kappa shape index (κ1) is 12.3. The highest BCUT2D eigenvalue weighted by molar-refractivity contribution is 5.95. The number of aromatic nitrogens is 2. The zero-order valence-electron chi connectivity index (χ0n) is 10.2. The summed E-state index contributed by atoms with van der Waals surface area (Å²) in [5.41, 5.74) is 7.34. The Morgan fingerprint density at radius 2 is 2.17 bits per heavy atom. The molecule has 3 N–H and O–H groups in total. The quantitative estimate of drug-likeness (QED) is 0.856. The van der Waals surface area contributed by atoms with Crippen LogP contribution in [0.25, 0.3) is 0 Å². The largest absolute Gasteiger partial charge is 0.322 e. The van der Waals surface area contributed by atoms with E-state index in [9.17, 15) is 4.79 Å². The number of carbonyl (C=O) groups is 1. The molecule has 5 nitrogen and oxygen atoms in total. The smallest absolute Gasteiger partial charge is 0.245 e. The summed E-state index contributed by atoms with van der Waals surface area (Å²) in [6, 6.07) is 8.60. The fourth-order valence-electron chi connectivity index (χ4n) is 1.63. The van der Waals surface area contributed by atoms with Crippen LogP contribution in [0.15, 0.2) is 42.7 Å². The van der Waals surface area contributed by atoms with Gasteiger partial charge in [0.25, 0.3) is 0 Å². The topological polar surface area (TPSA) is 72.9 Å². The number of amides is 1. The van der Waals surface area contributed by atoms with Crippen LogP contribution in [0.5, 0.6) is 0 Å². The van der Waals surface area contributed by atoms with Gasteiger partial charge in [0.1, 0.15) is 6.04 Å². The molecule has 1 unspecified atom stereocenters. The van der Waals surface area contributed by atoms with Gasteiger partial charge in [-0.2, -0.15) is 5.10 Å². The Labute approximate surface area is 106 Å². The molecule has 0 aliphatic carbocycles. The molecule has 1 aromatic heterocycles. The Kier molecular flexibility index (Phi) is 3.74. The molecular formula is C13H16N4O. The first-order valence-corrected chi connectivity index (χ1v) is 5.84. The van der Waals surface area contributed by atoms with Gasteiger partial charge in [-0.15, -0.1) is 0 Å². The van der Waals surface area contributed by atoms with E-state index in [1.54, 1.807) is 17.1 Å². The molecule has 0 aliphatic rings. The van der Waals surface area contributed by atoms with Gasteiger partial charge >= 0.3 is 0 Å². The number of benzene rings is 1. The Balaban J connectivity index is 2.04. The van der Waals surface area contributed by atoms with Crippen molar-refractivity contribution in [2.45, 2.75) is 19.5 Å². The summed E-state index contributed by atoms with van der Waals surface area (Å²) in [6.45, 7) is 2.74. The number of nitrogens with two attached hydrogens (primary N) is 1. The molecule has 94 valence electrons. The van der Waals surface area contributed by atoms with Crippen LogP contribution >= 0.6 is 0 Å². The monoisotopic (exact) mass is 244 g/mol. The molecule has 1 amide bonds. The zero-order chi connectivity index (χ0) is 13.0. The summed E-state index contributed by atoms with van der Waals surface area (Å²) in [6.07, 6.45) is 3.38. The molecule has 0 radical (unpaired) electrons. The van der Waals surface area contributed by atoms with Gasteiger partial charge in [0.05, 0.1) is 11.9 Å². The lowest BCUT2D eigenvalue weighted by Gasteiger charge is -2.11. The second-order valence-electron chi connectivity index (χ2n) is 3.96. The first-order valence-electron chi connectivity index (χ1n) is 5.84. The van der Waals surface area contributed by atoms with Crippen LogP contribution in [-0.4, -0.2) is 15.7 Å². The Bertz CT molecular complexity index is 521. The minimum atomic E-state index is -0.670. The van der Waals surface area contributed by atoms with Crippen LogP contribution in [-0.2, 0) is 11.3 Å². The Hall–Kier alpha value is -2.14. The van der Waals surface area contributed by atoms with Crippen molar-refractivity contribution in [1.29, 1.82) is 0 Å². The molecule has 18 heavy (non-hydrogen) atoms. The lowest BCUT2D eigenvalue weighted by molar-refractivity contribution is -0.117. The highest BCUT2D eigenvalue weighted by atomic mass is 16.2. The van der Waals surface area contributed by atoms with Gasteiger partial charge in [0, 0.05) is 12.7 Å². The van der Waals surface area contributed by atoms with E-state index in [-0.39, 0.29) is 5.91 Å². The third kappa shape index (κ3) is 2.75. The van der Waals surface area contributed by atoms with Crippen LogP contribution in [0.4, 0.5) is 5.69 Å². The number of nitrogens with zero attached hydrogens (tertiary/aromatic N) is 2. The van der Waals surface area contributed by atoms with Gasteiger partial charge in [-0.25, -0.2) is 0 Å². The number of hydrogen-bond donors (Lipinski definition) is 2. The summed E-state index contributed by atoms with van der Waals surface area (Å²) >= 11 is 0. The molecule has 1 atom stereocenters. The lowest BCUT2D eigenvalue weighted by atomic mass is 10.1. The van der Waals surface area contributed by atoms with Crippen molar-refractivity contribution in [3.8, 4) is 0 Å². The molecule has 0 bridgehead atoms. The summed E-state index contributed by atoms with van der Waals surface area (Å²) in [5, 5.41) is 6.83. The van der Waals surface area contributed by atoms with Crippen molar-refractivity contribution < 1.29 is 4.79 Å². The summed E-state index contributed by atoms with van der Waals surface area (Å²) in [7, 11) is 0. The highest BCUT2D eigenvalue weighted by Gasteiger charge is 2.15. The van der Waals surface area contributed by atoms with Gasteiger partial charge < -0.3 is 11.1 Å². The van der Waals surface area contributed by atoms with E-state index in [0.29, 0.717) is 5.69 Å². The van der Waals surface area contributed by atoms with Gasteiger partial charge in [-0.3, -0.25) is 9.48 Å². The van der Waals surface area contributed by atoms with E-state index in [1.165, 1.54) is 0 Å². The summed E-state index contributed by atoms with van der Waals surface area (Å²) < 4.78 is 1.74. The number of carbonyl (C=O) groups excluding carboxylic acids is 1. The fraction of sp³-hybridized carbons (Fsp3) is 0.231. The molecule has 0 fully saturated rings. The SMILES string of the molecule is CCn1cc(NC(=O)C(N)c2ccccc2)cn1. The normalized spacial score (nSPS) is 12.1. The Morgan fingerprint density at radius 3 is 2.78 bits per heavy atom. The summed E-state index contributed by atoms with van der Waals surface area (Å²) in [4.78, 5) is 11.9. The van der Waals surface area contributed by atoms with E-state index in [0.717, 1.165) is 12.1 Å². The molecule has 2 aromatic rings. The van der Waals surface area contributed by atoms with Crippen molar-refractivity contribution in [2.24, 2.45) is 5.73 Å². The van der Waals surface area contributed by atoms with Gasteiger partial charge in [-0.05, 0) is 12.5 Å². The minimum Gasteiger partial charge on any atom is -0.322 e. The Morgan fingerprint density at radius 1 is 1.44 bits per heavy atom. The maximum absolute atomic E-state index is 11.9. The average molecular weight is 244 g/mol. The number of rotatable bonds is 4. The van der Waals surface area contributed by atoms with Crippen molar-refractivity contribution in [3.05, 3.63) is 48.3 Å². The van der Waals surface area contributed by atoms with E-state index in [4.69, 9.17) is 5.73 Å². The molecule has 0 saturated carbocycles. The molecule has 0 aliphatic heterocycles. The van der Waals surface area contributed by atoms with Crippen molar-refractivity contribution in [2.75, 3.05) is 5.32 Å².